The summed E-state index contributed by atoms with van der Waals surface area (Å²) in [6.45, 7) is 4.48. The van der Waals surface area contributed by atoms with Gasteiger partial charge in [0.25, 0.3) is 0 Å². The summed E-state index contributed by atoms with van der Waals surface area (Å²) < 4.78 is 9.72. The highest BCUT2D eigenvalue weighted by Crippen LogP contribution is 2.34. The molecule has 6 heteroatoms. The molecule has 0 radical (unpaired) electrons. The molecule has 0 spiro atoms. The lowest BCUT2D eigenvalue weighted by atomic mass is 10.1. The number of hydrogen-bond acceptors (Lipinski definition) is 5. The third-order valence-corrected chi connectivity index (χ3v) is 7.05. The molecule has 202 valence electrons. The summed E-state index contributed by atoms with van der Waals surface area (Å²) in [7, 11) is -2.44. The fraction of sp³-hybridized carbons (Fsp3) is 0.929. The third-order valence-electron chi connectivity index (χ3n) is 6.33. The average Bonchev–Trinajstić information content (AvgIpc) is 2.80. The number of carbonyl (C=O) groups is 2. The minimum absolute atomic E-state index is 0.270. The molecule has 0 aromatic carbocycles. The lowest BCUT2D eigenvalue weighted by Gasteiger charge is -2.10. The maximum Gasteiger partial charge on any atom is 0.464 e. The molecule has 0 fully saturated rings. The minimum atomic E-state index is -2.44. The SMILES string of the molecule is CCCCCCCCCCCCCC(=O)OP(O)OC(=O)CCCCCCCCCCCCC. The first-order valence-corrected chi connectivity index (χ1v) is 15.6. The molecule has 0 saturated carbocycles. The van der Waals surface area contributed by atoms with E-state index in [0.717, 1.165) is 38.5 Å². The lowest BCUT2D eigenvalue weighted by molar-refractivity contribution is -0.138. The molecule has 1 N–H and O–H groups in total. The normalized spacial score (nSPS) is 11.2. The first-order valence-electron chi connectivity index (χ1n) is 14.5. The Labute approximate surface area is 212 Å². The maximum absolute atomic E-state index is 11.8. The summed E-state index contributed by atoms with van der Waals surface area (Å²) >= 11 is 0. The Balaban J connectivity index is 3.45. The van der Waals surface area contributed by atoms with Crippen molar-refractivity contribution in [1.82, 2.24) is 0 Å². The highest BCUT2D eigenvalue weighted by atomic mass is 31.2. The number of hydrogen-bond donors (Lipinski definition) is 1. The molecule has 0 aliphatic rings. The largest absolute Gasteiger partial charge is 0.464 e. The van der Waals surface area contributed by atoms with Crippen LogP contribution in [0.25, 0.3) is 0 Å². The zero-order chi connectivity index (χ0) is 25.1. The number of carbonyl (C=O) groups excluding carboxylic acids is 2. The van der Waals surface area contributed by atoms with Crippen LogP contribution in [-0.4, -0.2) is 16.8 Å². The van der Waals surface area contributed by atoms with E-state index in [1.807, 2.05) is 0 Å². The van der Waals surface area contributed by atoms with Crippen LogP contribution < -0.4 is 0 Å². The van der Waals surface area contributed by atoms with Gasteiger partial charge in [-0.2, -0.15) is 0 Å². The summed E-state index contributed by atoms with van der Waals surface area (Å²) in [6, 6.07) is 0. The predicted molar refractivity (Wildman–Crippen MR) is 143 cm³/mol. The molecule has 0 amide bonds. The first-order chi connectivity index (χ1) is 16.6. The lowest BCUT2D eigenvalue weighted by Crippen LogP contribution is -2.06. The van der Waals surface area contributed by atoms with Gasteiger partial charge in [0, 0.05) is 12.8 Å². The van der Waals surface area contributed by atoms with Crippen molar-refractivity contribution < 1.29 is 23.5 Å². The van der Waals surface area contributed by atoms with Crippen LogP contribution in [-0.2, 0) is 18.6 Å². The standard InChI is InChI=1S/C28H55O5P/c1-3-5-7-9-11-13-15-17-19-21-23-25-27(29)32-34(31)33-28(30)26-24-22-20-18-16-14-12-10-8-6-4-2/h31H,3-26H2,1-2H3. The van der Waals surface area contributed by atoms with Crippen LogP contribution in [0.15, 0.2) is 0 Å². The Morgan fingerprint density at radius 1 is 0.471 bits per heavy atom. The quantitative estimate of drug-likeness (QED) is 0.0941. The second-order valence-corrected chi connectivity index (χ2v) is 10.6. The Bertz CT molecular complexity index is 418. The van der Waals surface area contributed by atoms with Gasteiger partial charge >= 0.3 is 20.5 Å². The molecule has 0 aliphatic heterocycles. The number of rotatable bonds is 26. The molecule has 5 nitrogen and oxygen atoms in total. The van der Waals surface area contributed by atoms with Gasteiger partial charge in [-0.15, -0.1) is 0 Å². The summed E-state index contributed by atoms with van der Waals surface area (Å²) in [4.78, 5) is 33.3. The summed E-state index contributed by atoms with van der Waals surface area (Å²) in [5, 5.41) is 0. The van der Waals surface area contributed by atoms with Crippen molar-refractivity contribution in [2.24, 2.45) is 0 Å². The van der Waals surface area contributed by atoms with Crippen molar-refractivity contribution in [2.45, 2.75) is 168 Å². The molecule has 34 heavy (non-hydrogen) atoms. The van der Waals surface area contributed by atoms with Crippen molar-refractivity contribution in [3.8, 4) is 0 Å². The molecule has 0 unspecified atom stereocenters. The highest BCUT2D eigenvalue weighted by molar-refractivity contribution is 7.41. The van der Waals surface area contributed by atoms with Crippen LogP contribution in [0.1, 0.15) is 168 Å². The first kappa shape index (κ1) is 33.3. The van der Waals surface area contributed by atoms with E-state index in [2.05, 4.69) is 13.8 Å². The average molecular weight is 503 g/mol. The van der Waals surface area contributed by atoms with E-state index in [0.29, 0.717) is 0 Å². The van der Waals surface area contributed by atoms with E-state index < -0.39 is 20.5 Å². The smallest absolute Gasteiger partial charge is 0.385 e. The van der Waals surface area contributed by atoms with Gasteiger partial charge in [0.15, 0.2) is 0 Å². The van der Waals surface area contributed by atoms with Gasteiger partial charge in [0.05, 0.1) is 0 Å². The maximum atomic E-state index is 11.8. The Morgan fingerprint density at radius 2 is 0.706 bits per heavy atom. The van der Waals surface area contributed by atoms with Gasteiger partial charge in [-0.1, -0.05) is 142 Å². The topological polar surface area (TPSA) is 72.8 Å². The zero-order valence-electron chi connectivity index (χ0n) is 22.5. The van der Waals surface area contributed by atoms with E-state index in [1.54, 1.807) is 0 Å². The molecule has 0 saturated heterocycles. The van der Waals surface area contributed by atoms with E-state index >= 15 is 0 Å². The Morgan fingerprint density at radius 3 is 0.971 bits per heavy atom. The van der Waals surface area contributed by atoms with Crippen molar-refractivity contribution in [3.63, 3.8) is 0 Å². The third kappa shape index (κ3) is 25.9. The molecule has 0 aliphatic carbocycles. The van der Waals surface area contributed by atoms with Gasteiger partial charge in [-0.3, -0.25) is 9.59 Å². The molecule has 0 rings (SSSR count). The second-order valence-electron chi connectivity index (χ2n) is 9.74. The van der Waals surface area contributed by atoms with Crippen molar-refractivity contribution in [1.29, 1.82) is 0 Å². The van der Waals surface area contributed by atoms with Crippen LogP contribution >= 0.6 is 8.60 Å². The van der Waals surface area contributed by atoms with Gasteiger partial charge < -0.3 is 13.9 Å². The monoisotopic (exact) mass is 502 g/mol. The molecule has 0 aromatic rings. The highest BCUT2D eigenvalue weighted by Gasteiger charge is 2.18. The van der Waals surface area contributed by atoms with Crippen LogP contribution in [0, 0.1) is 0 Å². The van der Waals surface area contributed by atoms with Crippen LogP contribution in [0.5, 0.6) is 0 Å². The van der Waals surface area contributed by atoms with Gasteiger partial charge in [0.1, 0.15) is 0 Å². The molecule has 0 heterocycles. The summed E-state index contributed by atoms with van der Waals surface area (Å²) in [6.07, 6.45) is 27.3. The van der Waals surface area contributed by atoms with Crippen molar-refractivity contribution in [2.75, 3.05) is 0 Å². The van der Waals surface area contributed by atoms with Gasteiger partial charge in [0.2, 0.25) is 0 Å². The van der Waals surface area contributed by atoms with E-state index in [4.69, 9.17) is 9.05 Å². The van der Waals surface area contributed by atoms with Crippen LogP contribution in [0.4, 0.5) is 0 Å². The Hall–Kier alpha value is -0.670. The second kappa shape index (κ2) is 26.9. The van der Waals surface area contributed by atoms with Crippen molar-refractivity contribution in [3.05, 3.63) is 0 Å². The minimum Gasteiger partial charge on any atom is -0.385 e. The molecule has 0 atom stereocenters. The molecular formula is C28H55O5P. The Kier molecular flexibility index (Phi) is 26.4. The van der Waals surface area contributed by atoms with E-state index in [9.17, 15) is 14.5 Å². The van der Waals surface area contributed by atoms with Crippen LogP contribution in [0.3, 0.4) is 0 Å². The molecule has 0 aromatic heterocycles. The van der Waals surface area contributed by atoms with E-state index in [1.165, 1.54) is 103 Å². The van der Waals surface area contributed by atoms with Gasteiger partial charge in [-0.25, -0.2) is 0 Å². The molecule has 0 bridgehead atoms. The predicted octanol–water partition coefficient (Wildman–Crippen LogP) is 9.69. The summed E-state index contributed by atoms with van der Waals surface area (Å²) in [5.74, 6) is -0.959. The fourth-order valence-corrected chi connectivity index (χ4v) is 4.72. The fourth-order valence-electron chi connectivity index (χ4n) is 4.15. The van der Waals surface area contributed by atoms with Crippen LogP contribution in [0.2, 0.25) is 0 Å². The molecular weight excluding hydrogens is 447 g/mol. The van der Waals surface area contributed by atoms with E-state index in [-0.39, 0.29) is 12.8 Å². The van der Waals surface area contributed by atoms with Crippen molar-refractivity contribution >= 4 is 20.5 Å². The zero-order valence-corrected chi connectivity index (χ0v) is 23.4. The summed E-state index contributed by atoms with van der Waals surface area (Å²) in [5.41, 5.74) is 0. The van der Waals surface area contributed by atoms with Gasteiger partial charge in [-0.05, 0) is 12.8 Å². The number of unbranched alkanes of at least 4 members (excludes halogenated alkanes) is 20.